The highest BCUT2D eigenvalue weighted by Gasteiger charge is 2.27. The molecular weight excluding hydrogens is 231 g/mol. The average molecular weight is 240 g/mol. The minimum atomic E-state index is -2.65. The second-order valence-corrected chi connectivity index (χ2v) is 11.0. The van der Waals surface area contributed by atoms with Gasteiger partial charge in [0.25, 0.3) is 0 Å². The quantitative estimate of drug-likeness (QED) is 0.550. The van der Waals surface area contributed by atoms with E-state index in [9.17, 15) is 0 Å². The third-order valence-corrected chi connectivity index (χ3v) is 4.64. The van der Waals surface area contributed by atoms with Crippen molar-refractivity contribution in [3.63, 3.8) is 0 Å². The lowest BCUT2D eigenvalue weighted by Gasteiger charge is -2.07. The molecule has 0 N–H and O–H groups in total. The minimum absolute atomic E-state index is 0.852. The zero-order valence-corrected chi connectivity index (χ0v) is 9.92. The molecule has 0 saturated heterocycles. The summed E-state index contributed by atoms with van der Waals surface area (Å²) in [5.41, 5.74) is 1.27. The van der Waals surface area contributed by atoms with Gasteiger partial charge in [-0.15, -0.1) is 33.2 Å². The molecule has 0 fully saturated rings. The summed E-state index contributed by atoms with van der Waals surface area (Å²) in [4.78, 5) is 0. The van der Waals surface area contributed by atoms with Crippen molar-refractivity contribution in [2.75, 3.05) is 0 Å². The average Bonchev–Trinajstić information content (AvgIpc) is 2.03. The van der Waals surface area contributed by atoms with Crippen LogP contribution in [0, 0.1) is 0 Å². The molecule has 0 saturated carbocycles. The molecule has 66 valence electrons. The van der Waals surface area contributed by atoms with E-state index in [-0.39, 0.29) is 0 Å². The van der Waals surface area contributed by atoms with Crippen LogP contribution in [-0.2, 0) is 6.42 Å². The van der Waals surface area contributed by atoms with Crippen LogP contribution in [0.15, 0.2) is 24.3 Å². The van der Waals surface area contributed by atoms with Crippen LogP contribution in [0.4, 0.5) is 0 Å². The van der Waals surface area contributed by atoms with Gasteiger partial charge in [-0.3, -0.25) is 0 Å². The van der Waals surface area contributed by atoms with Crippen molar-refractivity contribution in [1.29, 1.82) is 0 Å². The number of hydrogen-bond acceptors (Lipinski definition) is 0. The summed E-state index contributed by atoms with van der Waals surface area (Å²) < 4.78 is 0. The zero-order valence-electron chi connectivity index (χ0n) is 6.65. The highest BCUT2D eigenvalue weighted by molar-refractivity contribution is 7.69. The fourth-order valence-electron chi connectivity index (χ4n) is 0.929. The van der Waals surface area contributed by atoms with Crippen LogP contribution in [0.3, 0.4) is 0 Å². The lowest BCUT2D eigenvalue weighted by Crippen LogP contribution is -2.29. The van der Waals surface area contributed by atoms with Gasteiger partial charge < -0.3 is 0 Å². The Balaban J connectivity index is 2.93. The van der Waals surface area contributed by atoms with E-state index in [1.807, 2.05) is 24.3 Å². The summed E-state index contributed by atoms with van der Waals surface area (Å²) in [6.45, 7) is 2.10. The molecule has 1 aromatic carbocycles. The van der Waals surface area contributed by atoms with Crippen molar-refractivity contribution in [1.82, 2.24) is 0 Å². The Labute approximate surface area is 87.6 Å². The summed E-state index contributed by atoms with van der Waals surface area (Å²) in [7, 11) is 0. The van der Waals surface area contributed by atoms with E-state index in [2.05, 4.69) is 6.92 Å². The summed E-state index contributed by atoms with van der Waals surface area (Å²) in [6.07, 6.45) is 1.02. The maximum Gasteiger partial charge on any atom is 0.372 e. The van der Waals surface area contributed by atoms with E-state index in [1.54, 1.807) is 0 Å². The maximum atomic E-state index is 5.82. The topological polar surface area (TPSA) is 0 Å². The first-order chi connectivity index (χ1) is 5.54. The van der Waals surface area contributed by atoms with Crippen molar-refractivity contribution >= 4 is 44.4 Å². The lowest BCUT2D eigenvalue weighted by atomic mass is 10.2. The van der Waals surface area contributed by atoms with Crippen LogP contribution in [0.1, 0.15) is 12.5 Å². The smallest absolute Gasteiger partial charge is 0.121 e. The minimum Gasteiger partial charge on any atom is -0.121 e. The van der Waals surface area contributed by atoms with E-state index < -0.39 is 6.00 Å². The molecule has 0 atom stereocenters. The Hall–Kier alpha value is 0.307. The van der Waals surface area contributed by atoms with Crippen LogP contribution in [0.2, 0.25) is 0 Å². The largest absolute Gasteiger partial charge is 0.372 e. The predicted molar refractivity (Wildman–Crippen MR) is 58.8 cm³/mol. The second-order valence-electron chi connectivity index (χ2n) is 2.55. The van der Waals surface area contributed by atoms with Gasteiger partial charge in [-0.2, -0.15) is 0 Å². The Bertz CT molecular complexity index is 250. The SMILES string of the molecule is CCc1ccc([Si](Cl)(Cl)Cl)cc1. The standard InChI is InChI=1S/C8H9Cl3Si/c1-2-7-3-5-8(6-4-7)12(9,10)11/h3-6H,2H2,1H3. The summed E-state index contributed by atoms with van der Waals surface area (Å²) >= 11 is 17.5. The first-order valence-corrected chi connectivity index (χ1v) is 8.73. The van der Waals surface area contributed by atoms with E-state index >= 15 is 0 Å². The van der Waals surface area contributed by atoms with Crippen LogP contribution in [0.5, 0.6) is 0 Å². The number of hydrogen-bond donors (Lipinski definition) is 0. The molecule has 0 aliphatic heterocycles. The van der Waals surface area contributed by atoms with Crippen molar-refractivity contribution in [3.8, 4) is 0 Å². The molecule has 0 nitrogen and oxygen atoms in total. The zero-order chi connectivity index (χ0) is 9.19. The summed E-state index contributed by atoms with van der Waals surface area (Å²) in [5.74, 6) is 0. The number of benzene rings is 1. The molecule has 0 spiro atoms. The molecule has 0 radical (unpaired) electrons. The fourth-order valence-corrected chi connectivity index (χ4v) is 2.61. The van der Waals surface area contributed by atoms with Crippen LogP contribution in [-0.4, -0.2) is 6.00 Å². The Morgan fingerprint density at radius 1 is 1.08 bits per heavy atom. The Morgan fingerprint density at radius 2 is 1.58 bits per heavy atom. The molecule has 0 amide bonds. The Kier molecular flexibility index (Phi) is 3.47. The van der Waals surface area contributed by atoms with Gasteiger partial charge in [0, 0.05) is 0 Å². The molecule has 1 aromatic rings. The Morgan fingerprint density at radius 3 is 1.92 bits per heavy atom. The van der Waals surface area contributed by atoms with Gasteiger partial charge in [0.05, 0.1) is 0 Å². The predicted octanol–water partition coefficient (Wildman–Crippen LogP) is 3.11. The lowest BCUT2D eigenvalue weighted by molar-refractivity contribution is 1.14. The number of aryl methyl sites for hydroxylation is 1. The third kappa shape index (κ3) is 2.66. The van der Waals surface area contributed by atoms with Crippen molar-refractivity contribution in [3.05, 3.63) is 29.8 Å². The van der Waals surface area contributed by atoms with Crippen LogP contribution in [0.25, 0.3) is 0 Å². The van der Waals surface area contributed by atoms with E-state index in [4.69, 9.17) is 33.2 Å². The molecule has 0 unspecified atom stereocenters. The van der Waals surface area contributed by atoms with Gasteiger partial charge in [0.15, 0.2) is 0 Å². The van der Waals surface area contributed by atoms with E-state index in [0.717, 1.165) is 11.6 Å². The fraction of sp³-hybridized carbons (Fsp3) is 0.250. The van der Waals surface area contributed by atoms with Crippen LogP contribution < -0.4 is 5.19 Å². The molecule has 0 bridgehead atoms. The van der Waals surface area contributed by atoms with Gasteiger partial charge in [-0.25, -0.2) is 0 Å². The van der Waals surface area contributed by atoms with Gasteiger partial charge in [-0.1, -0.05) is 31.2 Å². The molecule has 4 heteroatoms. The van der Waals surface area contributed by atoms with Crippen molar-refractivity contribution in [2.24, 2.45) is 0 Å². The summed E-state index contributed by atoms with van der Waals surface area (Å²) in [5, 5.41) is 0.852. The number of rotatable bonds is 2. The van der Waals surface area contributed by atoms with Gasteiger partial charge in [0.2, 0.25) is 0 Å². The molecule has 0 aromatic heterocycles. The highest BCUT2D eigenvalue weighted by atomic mass is 35.8. The van der Waals surface area contributed by atoms with Crippen molar-refractivity contribution < 1.29 is 0 Å². The molecular formula is C8H9Cl3Si. The first kappa shape index (κ1) is 10.4. The normalized spacial score (nSPS) is 11.7. The van der Waals surface area contributed by atoms with Gasteiger partial charge in [0.1, 0.15) is 0 Å². The molecule has 0 aliphatic carbocycles. The van der Waals surface area contributed by atoms with E-state index in [1.165, 1.54) is 5.56 Å². The summed E-state index contributed by atoms with van der Waals surface area (Å²) in [6, 6.07) is 5.16. The number of halogens is 3. The molecule has 0 aliphatic rings. The molecule has 1 rings (SSSR count). The molecule has 12 heavy (non-hydrogen) atoms. The first-order valence-electron chi connectivity index (χ1n) is 3.70. The molecule has 0 heterocycles. The van der Waals surface area contributed by atoms with Gasteiger partial charge >= 0.3 is 6.00 Å². The third-order valence-electron chi connectivity index (χ3n) is 1.69. The van der Waals surface area contributed by atoms with E-state index in [0.29, 0.717) is 0 Å². The second kappa shape index (κ2) is 4.01. The highest BCUT2D eigenvalue weighted by Crippen LogP contribution is 2.19. The van der Waals surface area contributed by atoms with Crippen LogP contribution >= 0.6 is 33.2 Å². The maximum absolute atomic E-state index is 5.82. The van der Waals surface area contributed by atoms with Gasteiger partial charge in [-0.05, 0) is 17.2 Å². The van der Waals surface area contributed by atoms with Crippen molar-refractivity contribution in [2.45, 2.75) is 13.3 Å². The monoisotopic (exact) mass is 238 g/mol.